The van der Waals surface area contributed by atoms with E-state index >= 15 is 0 Å². The van der Waals surface area contributed by atoms with Crippen LogP contribution in [0.5, 0.6) is 0 Å². The quantitative estimate of drug-likeness (QED) is 0.487. The third kappa shape index (κ3) is 3.74. The molecular weight excluding hydrogens is 406 g/mol. The van der Waals surface area contributed by atoms with Gasteiger partial charge in [0.1, 0.15) is 0 Å². The molecule has 4 heterocycles. The van der Waals surface area contributed by atoms with Crippen LogP contribution in [0.25, 0.3) is 22.4 Å². The summed E-state index contributed by atoms with van der Waals surface area (Å²) >= 11 is 0. The Hall–Kier alpha value is -3.30. The van der Waals surface area contributed by atoms with Gasteiger partial charge in [0.2, 0.25) is 0 Å². The predicted octanol–water partition coefficient (Wildman–Crippen LogP) is 1.23. The first-order chi connectivity index (χ1) is 15.3. The number of hydrogen-bond acceptors (Lipinski definition) is 7. The number of rotatable bonds is 4. The average Bonchev–Trinajstić information content (AvgIpc) is 3.42. The number of hydrogen-bond donors (Lipinski definition) is 4. The number of nitrogens with two attached hydrogens (primary N) is 1. The number of β-amino-alcohol motifs (C(OH)–C–C–N with tert-alkyl or cyclic N) is 1. The van der Waals surface area contributed by atoms with Gasteiger partial charge < -0.3 is 21.5 Å². The molecule has 0 radical (unpaired) electrons. The number of aliphatic hydroxyl groups is 1. The number of amides is 1. The standard InChI is InChI=1S/C23H27N7O2/c1-23(2)7-18-15(8-27-30(18)12-23)13-4-3-5-14(6-13)16-10-26-21(24)20(28-16)22(32)29-17-9-25-11-19(17)31/h3-6,8,10,17,19,25,31H,7,9,11-12H2,1-2H3,(H2,24,26)(H,29,32). The molecule has 2 unspecified atom stereocenters. The molecule has 32 heavy (non-hydrogen) atoms. The average molecular weight is 434 g/mol. The van der Waals surface area contributed by atoms with Crippen LogP contribution in [0.4, 0.5) is 5.82 Å². The molecule has 2 aliphatic heterocycles. The van der Waals surface area contributed by atoms with Crippen LogP contribution in [-0.2, 0) is 13.0 Å². The molecule has 0 bridgehead atoms. The Morgan fingerprint density at radius 3 is 2.88 bits per heavy atom. The molecule has 1 fully saturated rings. The van der Waals surface area contributed by atoms with Gasteiger partial charge in [0, 0.05) is 36.5 Å². The van der Waals surface area contributed by atoms with E-state index in [1.54, 1.807) is 6.20 Å². The fraction of sp³-hybridized carbons (Fsp3) is 0.391. The number of nitrogens with one attached hydrogen (secondary N) is 2. The van der Waals surface area contributed by atoms with Crippen molar-refractivity contribution in [1.82, 2.24) is 30.4 Å². The Morgan fingerprint density at radius 1 is 1.28 bits per heavy atom. The number of fused-ring (bicyclic) bond motifs is 1. The van der Waals surface area contributed by atoms with Crippen molar-refractivity contribution in [3.63, 3.8) is 0 Å². The van der Waals surface area contributed by atoms with Crippen molar-refractivity contribution in [2.24, 2.45) is 5.41 Å². The summed E-state index contributed by atoms with van der Waals surface area (Å²) in [6.45, 7) is 6.34. The number of anilines is 1. The lowest BCUT2D eigenvalue weighted by molar-refractivity contribution is 0.0884. The number of nitrogen functional groups attached to an aromatic ring is 1. The number of nitrogens with zero attached hydrogens (tertiary/aromatic N) is 4. The summed E-state index contributed by atoms with van der Waals surface area (Å²) < 4.78 is 2.08. The maximum absolute atomic E-state index is 12.7. The van der Waals surface area contributed by atoms with Gasteiger partial charge in [-0.1, -0.05) is 32.0 Å². The second kappa shape index (κ2) is 7.68. The van der Waals surface area contributed by atoms with E-state index in [0.717, 1.165) is 29.7 Å². The molecule has 2 aliphatic rings. The predicted molar refractivity (Wildman–Crippen MR) is 121 cm³/mol. The molecular formula is C23H27N7O2. The van der Waals surface area contributed by atoms with Gasteiger partial charge in [0.25, 0.3) is 5.91 Å². The van der Waals surface area contributed by atoms with Gasteiger partial charge in [-0.05, 0) is 23.5 Å². The van der Waals surface area contributed by atoms with Crippen LogP contribution in [0.1, 0.15) is 30.0 Å². The lowest BCUT2D eigenvalue weighted by atomic mass is 9.89. The van der Waals surface area contributed by atoms with Crippen LogP contribution in [0, 0.1) is 5.41 Å². The van der Waals surface area contributed by atoms with E-state index in [-0.39, 0.29) is 23.0 Å². The number of aromatic nitrogens is 4. The minimum Gasteiger partial charge on any atom is -0.390 e. The smallest absolute Gasteiger partial charge is 0.274 e. The number of carbonyl (C=O) groups is 1. The van der Waals surface area contributed by atoms with Crippen molar-refractivity contribution in [2.75, 3.05) is 18.8 Å². The van der Waals surface area contributed by atoms with Crippen LogP contribution in [0.3, 0.4) is 0 Å². The lowest BCUT2D eigenvalue weighted by Crippen LogP contribution is -2.43. The molecule has 0 spiro atoms. The zero-order valence-corrected chi connectivity index (χ0v) is 18.2. The van der Waals surface area contributed by atoms with Crippen molar-refractivity contribution >= 4 is 11.7 Å². The van der Waals surface area contributed by atoms with Crippen molar-refractivity contribution < 1.29 is 9.90 Å². The van der Waals surface area contributed by atoms with Crippen LogP contribution < -0.4 is 16.4 Å². The summed E-state index contributed by atoms with van der Waals surface area (Å²) in [6, 6.07) is 7.61. The van der Waals surface area contributed by atoms with Gasteiger partial charge in [-0.2, -0.15) is 5.10 Å². The fourth-order valence-electron chi connectivity index (χ4n) is 4.49. The molecule has 5 rings (SSSR count). The first-order valence-electron chi connectivity index (χ1n) is 10.8. The van der Waals surface area contributed by atoms with E-state index in [9.17, 15) is 9.90 Å². The van der Waals surface area contributed by atoms with Crippen LogP contribution in [-0.4, -0.2) is 56.0 Å². The van der Waals surface area contributed by atoms with Crippen molar-refractivity contribution in [2.45, 2.75) is 39.0 Å². The van der Waals surface area contributed by atoms with Crippen LogP contribution >= 0.6 is 0 Å². The Kier molecular flexibility index (Phi) is 4.94. The van der Waals surface area contributed by atoms with E-state index in [2.05, 4.69) is 50.3 Å². The highest BCUT2D eigenvalue weighted by atomic mass is 16.3. The molecule has 9 nitrogen and oxygen atoms in total. The SMILES string of the molecule is CC1(C)Cc2c(-c3cccc(-c4cnc(N)c(C(=O)NC5CNCC5O)n4)c3)cnn2C1. The van der Waals surface area contributed by atoms with Gasteiger partial charge in [-0.15, -0.1) is 0 Å². The first kappa shape index (κ1) is 20.6. The summed E-state index contributed by atoms with van der Waals surface area (Å²) in [5, 5.41) is 20.3. The summed E-state index contributed by atoms with van der Waals surface area (Å²) in [5.74, 6) is -0.392. The monoisotopic (exact) mass is 433 g/mol. The summed E-state index contributed by atoms with van der Waals surface area (Å²) in [4.78, 5) is 21.5. The normalized spacial score (nSPS) is 21.5. The van der Waals surface area contributed by atoms with Crippen molar-refractivity contribution in [1.29, 1.82) is 0 Å². The minimum absolute atomic E-state index is 0.0551. The summed E-state index contributed by atoms with van der Waals surface area (Å²) in [6.07, 6.45) is 3.82. The summed E-state index contributed by atoms with van der Waals surface area (Å²) in [7, 11) is 0. The van der Waals surface area contributed by atoms with Gasteiger partial charge in [0.05, 0.1) is 30.2 Å². The number of carbonyl (C=O) groups excluding carboxylic acids is 1. The molecule has 2 atom stereocenters. The highest BCUT2D eigenvalue weighted by molar-refractivity contribution is 5.97. The molecule has 166 valence electrons. The van der Waals surface area contributed by atoms with E-state index in [1.165, 1.54) is 5.69 Å². The Bertz CT molecular complexity index is 1190. The zero-order chi connectivity index (χ0) is 22.5. The van der Waals surface area contributed by atoms with E-state index < -0.39 is 12.0 Å². The first-order valence-corrected chi connectivity index (χ1v) is 10.8. The third-order valence-electron chi connectivity index (χ3n) is 6.16. The van der Waals surface area contributed by atoms with Crippen molar-refractivity contribution in [3.05, 3.63) is 48.0 Å². The van der Waals surface area contributed by atoms with Crippen LogP contribution in [0.2, 0.25) is 0 Å². The van der Waals surface area contributed by atoms with Gasteiger partial charge >= 0.3 is 0 Å². The molecule has 3 aromatic rings. The number of aliphatic hydroxyl groups excluding tert-OH is 1. The summed E-state index contributed by atoms with van der Waals surface area (Å²) in [5.41, 5.74) is 11.0. The topological polar surface area (TPSA) is 131 Å². The van der Waals surface area contributed by atoms with Crippen molar-refractivity contribution in [3.8, 4) is 22.4 Å². The Balaban J connectivity index is 1.44. The molecule has 9 heteroatoms. The second-order valence-electron chi connectivity index (χ2n) is 9.38. The largest absolute Gasteiger partial charge is 0.390 e. The van der Waals surface area contributed by atoms with Gasteiger partial charge in [-0.25, -0.2) is 9.97 Å². The molecule has 0 saturated carbocycles. The molecule has 2 aromatic heterocycles. The van der Waals surface area contributed by atoms with Gasteiger partial charge in [0.15, 0.2) is 11.5 Å². The third-order valence-corrected chi connectivity index (χ3v) is 6.16. The second-order valence-corrected chi connectivity index (χ2v) is 9.38. The highest BCUT2D eigenvalue weighted by Gasteiger charge is 2.32. The highest BCUT2D eigenvalue weighted by Crippen LogP contribution is 2.37. The minimum atomic E-state index is -0.643. The maximum Gasteiger partial charge on any atom is 0.274 e. The zero-order valence-electron chi connectivity index (χ0n) is 18.2. The Morgan fingerprint density at radius 2 is 2.09 bits per heavy atom. The molecule has 5 N–H and O–H groups in total. The van der Waals surface area contributed by atoms with E-state index in [1.807, 2.05) is 24.4 Å². The van der Waals surface area contributed by atoms with E-state index in [0.29, 0.717) is 18.8 Å². The number of benzene rings is 1. The van der Waals surface area contributed by atoms with E-state index in [4.69, 9.17) is 5.73 Å². The molecule has 1 saturated heterocycles. The van der Waals surface area contributed by atoms with Crippen LogP contribution in [0.15, 0.2) is 36.7 Å². The fourth-order valence-corrected chi connectivity index (χ4v) is 4.49. The molecule has 1 amide bonds. The van der Waals surface area contributed by atoms with Gasteiger partial charge in [-0.3, -0.25) is 9.48 Å². The lowest BCUT2D eigenvalue weighted by Gasteiger charge is -2.16. The molecule has 0 aliphatic carbocycles. The maximum atomic E-state index is 12.7. The molecule has 1 aromatic carbocycles. The Labute approximate surface area is 186 Å².